The van der Waals surface area contributed by atoms with E-state index in [1.165, 1.54) is 12.8 Å². The number of hydrogen-bond acceptors (Lipinski definition) is 4. The molecule has 0 aromatic rings. The van der Waals surface area contributed by atoms with Crippen LogP contribution in [0.1, 0.15) is 59.3 Å². The molecule has 0 amide bonds. The van der Waals surface area contributed by atoms with Gasteiger partial charge >= 0.3 is 5.97 Å². The largest absolute Gasteiger partial charge is 0.466 e. The average Bonchev–Trinajstić information content (AvgIpc) is 2.61. The third kappa shape index (κ3) is 9.10. The molecule has 146 valence electrons. The third-order valence-electron chi connectivity index (χ3n) is 4.68. The van der Waals surface area contributed by atoms with Crippen molar-refractivity contribution in [2.75, 3.05) is 39.8 Å². The summed E-state index contributed by atoms with van der Waals surface area (Å²) in [6, 6.07) is 0.390. The molecule has 0 bridgehead atoms. The summed E-state index contributed by atoms with van der Waals surface area (Å²) in [5.74, 6) is 0.937. The summed E-state index contributed by atoms with van der Waals surface area (Å²) in [4.78, 5) is 18.9. The fraction of sp³-hybridized carbons (Fsp3) is 0.895. The average molecular weight is 355 g/mol. The van der Waals surface area contributed by atoms with Crippen LogP contribution in [-0.2, 0) is 9.53 Å². The molecule has 1 fully saturated rings. The van der Waals surface area contributed by atoms with E-state index in [-0.39, 0.29) is 11.9 Å². The standard InChI is InChI=1S/C19H38N4O2/c1-5-8-14-23(4)15-13-21-19(20-6-2)22-17-11-9-16(10-12-17)18(24)25-7-3/h16-17H,5-15H2,1-4H3,(H2,20,21,22). The van der Waals surface area contributed by atoms with Crippen LogP contribution in [0.2, 0.25) is 0 Å². The van der Waals surface area contributed by atoms with Crippen molar-refractivity contribution in [3.05, 3.63) is 0 Å². The lowest BCUT2D eigenvalue weighted by molar-refractivity contribution is -0.149. The summed E-state index contributed by atoms with van der Waals surface area (Å²) >= 11 is 0. The van der Waals surface area contributed by atoms with Gasteiger partial charge in [-0.1, -0.05) is 13.3 Å². The van der Waals surface area contributed by atoms with Gasteiger partial charge in [-0.2, -0.15) is 0 Å². The van der Waals surface area contributed by atoms with Crippen LogP contribution in [0.3, 0.4) is 0 Å². The Morgan fingerprint density at radius 3 is 2.48 bits per heavy atom. The molecule has 0 radical (unpaired) electrons. The molecule has 0 saturated heterocycles. The first-order valence-electron chi connectivity index (χ1n) is 10.0. The molecular formula is C19H38N4O2. The molecule has 2 N–H and O–H groups in total. The molecule has 1 aliphatic rings. The van der Waals surface area contributed by atoms with E-state index < -0.39 is 0 Å². The Morgan fingerprint density at radius 2 is 1.88 bits per heavy atom. The second-order valence-corrected chi connectivity index (χ2v) is 6.86. The van der Waals surface area contributed by atoms with Gasteiger partial charge in [0.25, 0.3) is 0 Å². The van der Waals surface area contributed by atoms with Crippen molar-refractivity contribution in [2.24, 2.45) is 10.9 Å². The molecule has 6 heteroatoms. The fourth-order valence-corrected chi connectivity index (χ4v) is 3.12. The van der Waals surface area contributed by atoms with Crippen LogP contribution in [0.15, 0.2) is 4.99 Å². The number of rotatable bonds is 10. The van der Waals surface area contributed by atoms with Gasteiger partial charge in [0.1, 0.15) is 0 Å². The lowest BCUT2D eigenvalue weighted by Gasteiger charge is -2.29. The van der Waals surface area contributed by atoms with E-state index in [0.717, 1.165) is 57.8 Å². The van der Waals surface area contributed by atoms with Crippen LogP contribution in [0.4, 0.5) is 0 Å². The van der Waals surface area contributed by atoms with E-state index >= 15 is 0 Å². The zero-order valence-corrected chi connectivity index (χ0v) is 16.6. The van der Waals surface area contributed by atoms with E-state index in [2.05, 4.69) is 36.4 Å². The van der Waals surface area contributed by atoms with Gasteiger partial charge < -0.3 is 20.3 Å². The third-order valence-corrected chi connectivity index (χ3v) is 4.68. The SMILES string of the molecule is CCCCN(C)CCN=C(NCC)NC1CCC(C(=O)OCC)CC1. The molecule has 0 aromatic carbocycles. The lowest BCUT2D eigenvalue weighted by Crippen LogP contribution is -2.45. The number of aliphatic imine (C=N–C) groups is 1. The topological polar surface area (TPSA) is 66.0 Å². The van der Waals surface area contributed by atoms with Crippen LogP contribution in [0, 0.1) is 5.92 Å². The highest BCUT2D eigenvalue weighted by molar-refractivity contribution is 5.80. The minimum atomic E-state index is -0.0309. The number of hydrogen-bond donors (Lipinski definition) is 2. The molecule has 6 nitrogen and oxygen atoms in total. The maximum absolute atomic E-state index is 11.8. The summed E-state index contributed by atoms with van der Waals surface area (Å²) in [7, 11) is 2.15. The van der Waals surface area contributed by atoms with Gasteiger partial charge in [-0.3, -0.25) is 9.79 Å². The highest BCUT2D eigenvalue weighted by atomic mass is 16.5. The number of likely N-dealkylation sites (N-methyl/N-ethyl adjacent to an activating group) is 1. The van der Waals surface area contributed by atoms with Crippen molar-refractivity contribution in [2.45, 2.75) is 65.3 Å². The molecular weight excluding hydrogens is 316 g/mol. The molecule has 1 rings (SSSR count). The van der Waals surface area contributed by atoms with Gasteiger partial charge in [-0.05, 0) is 59.5 Å². The van der Waals surface area contributed by atoms with Gasteiger partial charge in [0.2, 0.25) is 0 Å². The number of carbonyl (C=O) groups is 1. The van der Waals surface area contributed by atoms with E-state index in [1.54, 1.807) is 0 Å². The highest BCUT2D eigenvalue weighted by Gasteiger charge is 2.27. The van der Waals surface area contributed by atoms with Crippen LogP contribution < -0.4 is 10.6 Å². The van der Waals surface area contributed by atoms with Gasteiger partial charge in [0, 0.05) is 19.1 Å². The van der Waals surface area contributed by atoms with Gasteiger partial charge in [-0.15, -0.1) is 0 Å². The summed E-state index contributed by atoms with van der Waals surface area (Å²) in [6.45, 7) is 10.4. The number of nitrogens with zero attached hydrogens (tertiary/aromatic N) is 2. The molecule has 1 aliphatic carbocycles. The molecule has 0 atom stereocenters. The van der Waals surface area contributed by atoms with E-state index in [0.29, 0.717) is 12.6 Å². The molecule has 25 heavy (non-hydrogen) atoms. The van der Waals surface area contributed by atoms with Gasteiger partial charge in [-0.25, -0.2) is 0 Å². The second kappa shape index (κ2) is 13.0. The minimum Gasteiger partial charge on any atom is -0.466 e. The highest BCUT2D eigenvalue weighted by Crippen LogP contribution is 2.25. The zero-order chi connectivity index (χ0) is 18.5. The number of esters is 1. The Kier molecular flexibility index (Phi) is 11.3. The quantitative estimate of drug-likeness (QED) is 0.358. The number of unbranched alkanes of at least 4 members (excludes halogenated alkanes) is 1. The van der Waals surface area contributed by atoms with Crippen molar-refractivity contribution in [1.82, 2.24) is 15.5 Å². The summed E-state index contributed by atoms with van der Waals surface area (Å²) < 4.78 is 5.14. The molecule has 0 aliphatic heterocycles. The summed E-state index contributed by atoms with van der Waals surface area (Å²) in [6.07, 6.45) is 6.24. The molecule has 0 unspecified atom stereocenters. The Morgan fingerprint density at radius 1 is 1.16 bits per heavy atom. The summed E-state index contributed by atoms with van der Waals surface area (Å²) in [5.41, 5.74) is 0. The minimum absolute atomic E-state index is 0.0309. The first kappa shape index (κ1) is 21.7. The molecule has 0 aromatic heterocycles. The van der Waals surface area contributed by atoms with Crippen LogP contribution >= 0.6 is 0 Å². The normalized spacial score (nSPS) is 21.2. The Hall–Kier alpha value is -1.30. The van der Waals surface area contributed by atoms with Crippen LogP contribution in [-0.4, -0.2) is 62.7 Å². The zero-order valence-electron chi connectivity index (χ0n) is 16.6. The maximum Gasteiger partial charge on any atom is 0.308 e. The van der Waals surface area contributed by atoms with E-state index in [4.69, 9.17) is 9.73 Å². The van der Waals surface area contributed by atoms with Gasteiger partial charge in [0.15, 0.2) is 5.96 Å². The monoisotopic (exact) mass is 354 g/mol. The van der Waals surface area contributed by atoms with E-state index in [9.17, 15) is 4.79 Å². The van der Waals surface area contributed by atoms with Crippen molar-refractivity contribution in [1.29, 1.82) is 0 Å². The first-order valence-corrected chi connectivity index (χ1v) is 10.0. The summed E-state index contributed by atoms with van der Waals surface area (Å²) in [5, 5.41) is 6.86. The molecule has 0 spiro atoms. The van der Waals surface area contributed by atoms with Gasteiger partial charge in [0.05, 0.1) is 19.1 Å². The van der Waals surface area contributed by atoms with Crippen molar-refractivity contribution in [3.63, 3.8) is 0 Å². The predicted octanol–water partition coefficient (Wildman–Crippen LogP) is 2.40. The number of guanidine groups is 1. The van der Waals surface area contributed by atoms with Crippen molar-refractivity contribution < 1.29 is 9.53 Å². The predicted molar refractivity (Wildman–Crippen MR) is 104 cm³/mol. The number of ether oxygens (including phenoxy) is 1. The maximum atomic E-state index is 11.8. The Bertz CT molecular complexity index is 393. The molecule has 0 heterocycles. The lowest BCUT2D eigenvalue weighted by atomic mass is 9.86. The number of carbonyl (C=O) groups excluding carboxylic acids is 1. The van der Waals surface area contributed by atoms with E-state index in [1.807, 2.05) is 6.92 Å². The Labute approximate surface area is 153 Å². The first-order chi connectivity index (χ1) is 12.1. The number of nitrogens with one attached hydrogen (secondary N) is 2. The van der Waals surface area contributed by atoms with Crippen LogP contribution in [0.5, 0.6) is 0 Å². The van der Waals surface area contributed by atoms with Crippen molar-refractivity contribution in [3.8, 4) is 0 Å². The smallest absolute Gasteiger partial charge is 0.308 e. The fourth-order valence-electron chi connectivity index (χ4n) is 3.12. The Balaban J connectivity index is 2.37. The molecule has 1 saturated carbocycles. The van der Waals surface area contributed by atoms with Crippen molar-refractivity contribution >= 4 is 11.9 Å². The second-order valence-electron chi connectivity index (χ2n) is 6.86. The van der Waals surface area contributed by atoms with Crippen LogP contribution in [0.25, 0.3) is 0 Å².